The van der Waals surface area contributed by atoms with Gasteiger partial charge in [-0.15, -0.1) is 0 Å². The van der Waals surface area contributed by atoms with Crippen molar-refractivity contribution in [2.75, 3.05) is 39.8 Å². The van der Waals surface area contributed by atoms with Crippen LogP contribution in [-0.2, 0) is 0 Å². The molecule has 0 radical (unpaired) electrons. The molecule has 1 N–H and O–H groups in total. The van der Waals surface area contributed by atoms with Crippen molar-refractivity contribution in [2.24, 2.45) is 5.92 Å². The Labute approximate surface area is 112 Å². The fraction of sp³-hybridized carbons (Fsp3) is 1.00. The summed E-state index contributed by atoms with van der Waals surface area (Å²) in [6.07, 6.45) is 8.63. The molecule has 3 fully saturated rings. The van der Waals surface area contributed by atoms with Crippen LogP contribution in [0.25, 0.3) is 0 Å². The Morgan fingerprint density at radius 2 is 1.78 bits per heavy atom. The minimum atomic E-state index is 0.803. The van der Waals surface area contributed by atoms with Crippen LogP contribution in [0.5, 0.6) is 0 Å². The number of piperazine rings is 1. The van der Waals surface area contributed by atoms with E-state index in [0.29, 0.717) is 0 Å². The fourth-order valence-electron chi connectivity index (χ4n) is 3.90. The third-order valence-corrected chi connectivity index (χ3v) is 5.32. The highest BCUT2D eigenvalue weighted by Gasteiger charge is 2.31. The minimum absolute atomic E-state index is 0.803. The normalized spacial score (nSPS) is 35.2. The maximum Gasteiger partial charge on any atom is 0.0113 e. The van der Waals surface area contributed by atoms with Gasteiger partial charge in [-0.2, -0.15) is 0 Å². The van der Waals surface area contributed by atoms with E-state index < -0.39 is 0 Å². The summed E-state index contributed by atoms with van der Waals surface area (Å²) < 4.78 is 0. The van der Waals surface area contributed by atoms with Crippen molar-refractivity contribution in [3.8, 4) is 0 Å². The van der Waals surface area contributed by atoms with Crippen LogP contribution in [0, 0.1) is 5.92 Å². The third-order valence-electron chi connectivity index (χ3n) is 5.32. The summed E-state index contributed by atoms with van der Waals surface area (Å²) in [6, 6.07) is 1.77. The lowest BCUT2D eigenvalue weighted by Crippen LogP contribution is -2.47. The van der Waals surface area contributed by atoms with Crippen LogP contribution in [0.3, 0.4) is 0 Å². The molecular formula is C15H29N3. The molecule has 0 aromatic carbocycles. The van der Waals surface area contributed by atoms with Crippen LogP contribution in [0.2, 0.25) is 0 Å². The lowest BCUT2D eigenvalue weighted by Gasteiger charge is -2.35. The summed E-state index contributed by atoms with van der Waals surface area (Å²) in [7, 11) is 2.14. The summed E-state index contributed by atoms with van der Waals surface area (Å²) in [6.45, 7) is 6.61. The van der Waals surface area contributed by atoms with Crippen LogP contribution >= 0.6 is 0 Å². The number of nitrogens with one attached hydrogen (secondary N) is 1. The Bertz CT molecular complexity index is 256. The van der Waals surface area contributed by atoms with Crippen molar-refractivity contribution < 1.29 is 0 Å². The highest BCUT2D eigenvalue weighted by atomic mass is 15.3. The van der Waals surface area contributed by atoms with E-state index in [0.717, 1.165) is 18.0 Å². The van der Waals surface area contributed by atoms with Gasteiger partial charge >= 0.3 is 0 Å². The molecule has 3 nitrogen and oxygen atoms in total. The summed E-state index contributed by atoms with van der Waals surface area (Å²) in [5.74, 6) is 0.941. The summed E-state index contributed by atoms with van der Waals surface area (Å²) in [5.41, 5.74) is 0. The van der Waals surface area contributed by atoms with Gasteiger partial charge in [0.2, 0.25) is 0 Å². The topological polar surface area (TPSA) is 18.5 Å². The molecule has 2 saturated carbocycles. The monoisotopic (exact) mass is 251 g/mol. The van der Waals surface area contributed by atoms with Crippen LogP contribution in [0.4, 0.5) is 0 Å². The van der Waals surface area contributed by atoms with Crippen molar-refractivity contribution >= 4 is 0 Å². The molecule has 3 heteroatoms. The van der Waals surface area contributed by atoms with Gasteiger partial charge in [0.05, 0.1) is 0 Å². The molecule has 1 aliphatic heterocycles. The Balaban J connectivity index is 1.36. The van der Waals surface area contributed by atoms with Crippen molar-refractivity contribution in [1.29, 1.82) is 0 Å². The van der Waals surface area contributed by atoms with E-state index in [1.807, 2.05) is 0 Å². The Hall–Kier alpha value is -0.120. The largest absolute Gasteiger partial charge is 0.317 e. The molecule has 0 spiro atoms. The zero-order valence-electron chi connectivity index (χ0n) is 11.9. The zero-order chi connectivity index (χ0) is 12.4. The molecule has 2 atom stereocenters. The van der Waals surface area contributed by atoms with Crippen molar-refractivity contribution in [2.45, 2.75) is 50.6 Å². The molecule has 0 bridgehead atoms. The number of hydrogen-bond acceptors (Lipinski definition) is 3. The van der Waals surface area contributed by atoms with Gasteiger partial charge in [-0.05, 0) is 51.6 Å². The maximum atomic E-state index is 3.51. The predicted octanol–water partition coefficient (Wildman–Crippen LogP) is 1.54. The van der Waals surface area contributed by atoms with E-state index >= 15 is 0 Å². The molecular weight excluding hydrogens is 222 g/mol. The molecule has 1 heterocycles. The number of rotatable bonds is 5. The van der Waals surface area contributed by atoms with Gasteiger partial charge in [0.1, 0.15) is 0 Å². The fourth-order valence-corrected chi connectivity index (χ4v) is 3.90. The van der Waals surface area contributed by atoms with Gasteiger partial charge in [0.25, 0.3) is 0 Å². The zero-order valence-corrected chi connectivity index (χ0v) is 11.9. The lowest BCUT2D eigenvalue weighted by molar-refractivity contribution is 0.120. The molecule has 104 valence electrons. The highest BCUT2D eigenvalue weighted by molar-refractivity contribution is 4.88. The molecule has 2 unspecified atom stereocenters. The molecule has 3 rings (SSSR count). The van der Waals surface area contributed by atoms with Crippen molar-refractivity contribution in [3.63, 3.8) is 0 Å². The third kappa shape index (κ3) is 3.06. The molecule has 0 aromatic rings. The quantitative estimate of drug-likeness (QED) is 0.800. The maximum absolute atomic E-state index is 3.51. The average molecular weight is 251 g/mol. The first-order valence-electron chi connectivity index (χ1n) is 8.00. The Kier molecular flexibility index (Phi) is 4.22. The van der Waals surface area contributed by atoms with Crippen LogP contribution in [-0.4, -0.2) is 61.7 Å². The number of hydrogen-bond donors (Lipinski definition) is 1. The van der Waals surface area contributed by atoms with Gasteiger partial charge in [-0.1, -0.05) is 6.42 Å². The predicted molar refractivity (Wildman–Crippen MR) is 75.8 cm³/mol. The van der Waals surface area contributed by atoms with Crippen LogP contribution in [0.15, 0.2) is 0 Å². The van der Waals surface area contributed by atoms with E-state index in [-0.39, 0.29) is 0 Å². The van der Waals surface area contributed by atoms with Gasteiger partial charge in [-0.25, -0.2) is 0 Å². The summed E-state index contributed by atoms with van der Waals surface area (Å²) in [5, 5.41) is 3.51. The van der Waals surface area contributed by atoms with Crippen molar-refractivity contribution in [3.05, 3.63) is 0 Å². The van der Waals surface area contributed by atoms with E-state index in [9.17, 15) is 0 Å². The van der Waals surface area contributed by atoms with E-state index in [1.165, 1.54) is 71.2 Å². The second kappa shape index (κ2) is 5.89. The standard InChI is InChI=1S/C15H29N3/c1-16-15-4-2-3-13(15)7-8-17-9-11-18(12-10-17)14-5-6-14/h13-16H,2-12H2,1H3. The SMILES string of the molecule is CNC1CCCC1CCN1CCN(C2CC2)CC1. The molecule has 0 aromatic heterocycles. The number of nitrogens with zero attached hydrogens (tertiary/aromatic N) is 2. The smallest absolute Gasteiger partial charge is 0.0113 e. The average Bonchev–Trinajstić information content (AvgIpc) is 3.16. The van der Waals surface area contributed by atoms with Crippen LogP contribution in [0.1, 0.15) is 38.5 Å². The second-order valence-electron chi connectivity index (χ2n) is 6.48. The van der Waals surface area contributed by atoms with E-state index in [2.05, 4.69) is 22.2 Å². The van der Waals surface area contributed by atoms with Crippen molar-refractivity contribution in [1.82, 2.24) is 15.1 Å². The van der Waals surface area contributed by atoms with Crippen LogP contribution < -0.4 is 5.32 Å². The summed E-state index contributed by atoms with van der Waals surface area (Å²) in [4.78, 5) is 5.41. The lowest BCUT2D eigenvalue weighted by atomic mass is 9.99. The highest BCUT2D eigenvalue weighted by Crippen LogP contribution is 2.29. The van der Waals surface area contributed by atoms with Gasteiger partial charge in [0, 0.05) is 38.3 Å². The molecule has 1 saturated heterocycles. The molecule has 3 aliphatic rings. The molecule has 18 heavy (non-hydrogen) atoms. The first-order chi connectivity index (χ1) is 8.86. The van der Waals surface area contributed by atoms with E-state index in [1.54, 1.807) is 0 Å². The van der Waals surface area contributed by atoms with Gasteiger partial charge < -0.3 is 10.2 Å². The Morgan fingerprint density at radius 3 is 2.44 bits per heavy atom. The first kappa shape index (κ1) is 12.9. The Morgan fingerprint density at radius 1 is 1.00 bits per heavy atom. The second-order valence-corrected chi connectivity index (χ2v) is 6.48. The molecule has 0 amide bonds. The molecule has 2 aliphatic carbocycles. The minimum Gasteiger partial charge on any atom is -0.317 e. The summed E-state index contributed by atoms with van der Waals surface area (Å²) >= 11 is 0. The van der Waals surface area contributed by atoms with E-state index in [4.69, 9.17) is 0 Å². The van der Waals surface area contributed by atoms with Gasteiger partial charge in [-0.3, -0.25) is 4.90 Å². The first-order valence-corrected chi connectivity index (χ1v) is 8.00. The van der Waals surface area contributed by atoms with Gasteiger partial charge in [0.15, 0.2) is 0 Å².